The standard InChI is InChI=1S/C51H42N2/c1-51(2)47-22-11-9-20-43(47)44-31-29-42(34-48(44)51)52(39-16-5-3-6-17-39)41-27-24-35(25-28-41)36-14-13-15-37(32-36)38-26-30-46-45-21-10-12-23-49(45)53(50(46)33-38)40-18-7-4-8-19-40/h3,5-7,9-10,12-21,23-34H,4,8,11,22H2,1-2H3. The summed E-state index contributed by atoms with van der Waals surface area (Å²) in [6.45, 7) is 4.80. The zero-order chi connectivity index (χ0) is 35.5. The molecular formula is C51H42N2. The van der Waals surface area contributed by atoms with Crippen LogP contribution in [0.5, 0.6) is 0 Å². The predicted molar refractivity (Wildman–Crippen MR) is 226 cm³/mol. The normalized spacial score (nSPS) is 15.8. The zero-order valence-corrected chi connectivity index (χ0v) is 30.4. The van der Waals surface area contributed by atoms with Crippen molar-refractivity contribution in [2.45, 2.75) is 44.9 Å². The van der Waals surface area contributed by atoms with Crippen LogP contribution in [-0.2, 0) is 5.41 Å². The maximum Gasteiger partial charge on any atom is 0.0547 e. The molecule has 0 bridgehead atoms. The second kappa shape index (κ2) is 12.5. The SMILES string of the molecule is CC1(C)C2=C(C=CCC2)c2ccc(N(c3ccccc3)c3ccc(-c4cccc(-c5ccc6c7ccccc7n(C7=CCCC=C7)c6c5)c4)cc3)cc21. The number of aromatic nitrogens is 1. The maximum absolute atomic E-state index is 2.44. The van der Waals surface area contributed by atoms with Crippen LogP contribution in [0.1, 0.15) is 50.7 Å². The summed E-state index contributed by atoms with van der Waals surface area (Å²) in [5.41, 5.74) is 18.0. The van der Waals surface area contributed by atoms with Crippen molar-refractivity contribution in [3.63, 3.8) is 0 Å². The summed E-state index contributed by atoms with van der Waals surface area (Å²) in [6, 6.07) is 51.7. The van der Waals surface area contributed by atoms with E-state index in [1.165, 1.54) is 72.1 Å². The van der Waals surface area contributed by atoms with Crippen molar-refractivity contribution in [2.75, 3.05) is 4.90 Å². The average molecular weight is 683 g/mol. The van der Waals surface area contributed by atoms with E-state index in [0.717, 1.165) is 37.1 Å². The van der Waals surface area contributed by atoms with Gasteiger partial charge in [-0.15, -0.1) is 0 Å². The number of benzene rings is 6. The Bertz CT molecular complexity index is 2680. The maximum atomic E-state index is 2.44. The van der Waals surface area contributed by atoms with Gasteiger partial charge in [0.2, 0.25) is 0 Å². The third-order valence-electron chi connectivity index (χ3n) is 11.7. The van der Waals surface area contributed by atoms with Crippen LogP contribution in [0.2, 0.25) is 0 Å². The number of fused-ring (bicyclic) bond motifs is 5. The van der Waals surface area contributed by atoms with Gasteiger partial charge in [-0.05, 0) is 125 Å². The number of hydrogen-bond donors (Lipinski definition) is 0. The van der Waals surface area contributed by atoms with Crippen molar-refractivity contribution in [1.82, 2.24) is 4.57 Å². The number of anilines is 3. The minimum Gasteiger partial charge on any atom is -0.310 e. The van der Waals surface area contributed by atoms with Crippen molar-refractivity contribution >= 4 is 50.1 Å². The van der Waals surface area contributed by atoms with Crippen LogP contribution in [0.4, 0.5) is 17.1 Å². The highest BCUT2D eigenvalue weighted by Crippen LogP contribution is 2.51. The number of nitrogens with zero attached hydrogens (tertiary/aromatic N) is 2. The molecule has 6 aromatic carbocycles. The van der Waals surface area contributed by atoms with Gasteiger partial charge in [0.05, 0.1) is 11.0 Å². The Balaban J connectivity index is 1.01. The third-order valence-corrected chi connectivity index (χ3v) is 11.7. The molecule has 0 N–H and O–H groups in total. The molecular weight excluding hydrogens is 641 g/mol. The highest BCUT2D eigenvalue weighted by atomic mass is 15.1. The Morgan fingerprint density at radius 1 is 0.528 bits per heavy atom. The van der Waals surface area contributed by atoms with Crippen LogP contribution in [-0.4, -0.2) is 4.57 Å². The molecule has 1 heterocycles. The minimum absolute atomic E-state index is 0.0218. The van der Waals surface area contributed by atoms with E-state index in [0.29, 0.717) is 0 Å². The van der Waals surface area contributed by atoms with Gasteiger partial charge in [-0.2, -0.15) is 0 Å². The molecule has 0 atom stereocenters. The van der Waals surface area contributed by atoms with Gasteiger partial charge in [-0.25, -0.2) is 0 Å². The lowest BCUT2D eigenvalue weighted by Gasteiger charge is -2.29. The van der Waals surface area contributed by atoms with E-state index in [2.05, 4.69) is 193 Å². The lowest BCUT2D eigenvalue weighted by Crippen LogP contribution is -2.18. The number of para-hydroxylation sites is 2. The highest BCUT2D eigenvalue weighted by molar-refractivity contribution is 6.11. The summed E-state index contributed by atoms with van der Waals surface area (Å²) in [7, 11) is 0. The molecule has 2 nitrogen and oxygen atoms in total. The molecule has 0 spiro atoms. The van der Waals surface area contributed by atoms with E-state index in [-0.39, 0.29) is 5.41 Å². The smallest absolute Gasteiger partial charge is 0.0547 e. The molecule has 3 aliphatic rings. The summed E-state index contributed by atoms with van der Waals surface area (Å²) in [5.74, 6) is 0. The van der Waals surface area contributed by atoms with Gasteiger partial charge in [0.15, 0.2) is 0 Å². The molecule has 53 heavy (non-hydrogen) atoms. The van der Waals surface area contributed by atoms with Gasteiger partial charge in [0.1, 0.15) is 0 Å². The van der Waals surface area contributed by atoms with E-state index in [1.54, 1.807) is 5.57 Å². The Morgan fingerprint density at radius 3 is 2.06 bits per heavy atom. The molecule has 3 aliphatic carbocycles. The number of rotatable bonds is 6. The van der Waals surface area contributed by atoms with Gasteiger partial charge in [-0.1, -0.05) is 129 Å². The van der Waals surface area contributed by atoms with Gasteiger partial charge >= 0.3 is 0 Å². The molecule has 0 radical (unpaired) electrons. The van der Waals surface area contributed by atoms with E-state index >= 15 is 0 Å². The van der Waals surface area contributed by atoms with E-state index in [9.17, 15) is 0 Å². The predicted octanol–water partition coefficient (Wildman–Crippen LogP) is 14.2. The largest absolute Gasteiger partial charge is 0.310 e. The molecule has 10 rings (SSSR count). The number of hydrogen-bond acceptors (Lipinski definition) is 1. The molecule has 1 aromatic heterocycles. The first kappa shape index (κ1) is 31.6. The molecule has 0 unspecified atom stereocenters. The monoisotopic (exact) mass is 682 g/mol. The number of allylic oxidation sites excluding steroid dienone is 8. The second-order valence-corrected chi connectivity index (χ2v) is 15.2. The Labute approximate surface area is 312 Å². The quantitative estimate of drug-likeness (QED) is 0.169. The molecule has 0 fully saturated rings. The van der Waals surface area contributed by atoms with E-state index in [4.69, 9.17) is 0 Å². The topological polar surface area (TPSA) is 8.17 Å². The highest BCUT2D eigenvalue weighted by Gasteiger charge is 2.37. The van der Waals surface area contributed by atoms with Crippen LogP contribution in [0.15, 0.2) is 175 Å². The Kier molecular flexibility index (Phi) is 7.47. The Morgan fingerprint density at radius 2 is 1.23 bits per heavy atom. The first-order chi connectivity index (χ1) is 26.0. The lowest BCUT2D eigenvalue weighted by molar-refractivity contribution is 0.607. The first-order valence-corrected chi connectivity index (χ1v) is 19.1. The summed E-state index contributed by atoms with van der Waals surface area (Å²) in [5, 5.41) is 2.59. The fourth-order valence-corrected chi connectivity index (χ4v) is 9.05. The summed E-state index contributed by atoms with van der Waals surface area (Å²) >= 11 is 0. The van der Waals surface area contributed by atoms with Gasteiger partial charge in [-0.3, -0.25) is 0 Å². The van der Waals surface area contributed by atoms with Gasteiger partial charge in [0.25, 0.3) is 0 Å². The molecule has 0 saturated carbocycles. The fourth-order valence-electron chi connectivity index (χ4n) is 9.05. The molecule has 0 saturated heterocycles. The molecule has 0 aliphatic heterocycles. The molecule has 256 valence electrons. The lowest BCUT2D eigenvalue weighted by atomic mass is 9.78. The van der Waals surface area contributed by atoms with E-state index < -0.39 is 0 Å². The van der Waals surface area contributed by atoms with Crippen molar-refractivity contribution in [1.29, 1.82) is 0 Å². The third kappa shape index (κ3) is 5.24. The molecule has 0 amide bonds. The van der Waals surface area contributed by atoms with Crippen LogP contribution in [0.25, 0.3) is 55.3 Å². The van der Waals surface area contributed by atoms with Crippen molar-refractivity contribution < 1.29 is 0 Å². The Hall–Kier alpha value is -6.12. The second-order valence-electron chi connectivity index (χ2n) is 15.2. The van der Waals surface area contributed by atoms with E-state index in [1.807, 2.05) is 0 Å². The summed E-state index contributed by atoms with van der Waals surface area (Å²) in [6.07, 6.45) is 16.1. The summed E-state index contributed by atoms with van der Waals surface area (Å²) in [4.78, 5) is 2.40. The van der Waals surface area contributed by atoms with Crippen LogP contribution in [0.3, 0.4) is 0 Å². The van der Waals surface area contributed by atoms with Crippen molar-refractivity contribution in [2.24, 2.45) is 0 Å². The minimum atomic E-state index is 0.0218. The van der Waals surface area contributed by atoms with Gasteiger partial charge < -0.3 is 9.47 Å². The van der Waals surface area contributed by atoms with Crippen molar-refractivity contribution in [3.8, 4) is 22.3 Å². The average Bonchev–Trinajstić information content (AvgIpc) is 3.67. The van der Waals surface area contributed by atoms with Crippen molar-refractivity contribution in [3.05, 3.63) is 187 Å². The van der Waals surface area contributed by atoms with Crippen LogP contribution >= 0.6 is 0 Å². The molecule has 7 aromatic rings. The van der Waals surface area contributed by atoms with Crippen LogP contribution in [0, 0.1) is 0 Å². The fraction of sp³-hybridized carbons (Fsp3) is 0.137. The first-order valence-electron chi connectivity index (χ1n) is 19.1. The summed E-state index contributed by atoms with van der Waals surface area (Å²) < 4.78 is 2.44. The molecule has 2 heteroatoms. The van der Waals surface area contributed by atoms with Crippen LogP contribution < -0.4 is 4.90 Å². The van der Waals surface area contributed by atoms with Gasteiger partial charge in [0, 0.05) is 38.9 Å². The zero-order valence-electron chi connectivity index (χ0n) is 30.4.